The first kappa shape index (κ1) is 19.7. The summed E-state index contributed by atoms with van der Waals surface area (Å²) in [5.74, 6) is 1.57. The molecule has 0 saturated carbocycles. The quantitative estimate of drug-likeness (QED) is 0.677. The molecule has 1 amide bonds. The van der Waals surface area contributed by atoms with Gasteiger partial charge in [0.05, 0.1) is 17.5 Å². The van der Waals surface area contributed by atoms with Gasteiger partial charge in [0.2, 0.25) is 5.91 Å². The summed E-state index contributed by atoms with van der Waals surface area (Å²) in [5.41, 5.74) is 11.3. The fourth-order valence-electron chi connectivity index (χ4n) is 4.11. The molecule has 5 rings (SSSR count). The normalized spacial score (nSPS) is 21.8. The number of nitrogens with two attached hydrogens (primary N) is 1. The monoisotopic (exact) mass is 436 g/mol. The molecule has 1 aromatic carbocycles. The van der Waals surface area contributed by atoms with Crippen molar-refractivity contribution in [2.24, 2.45) is 9.98 Å². The number of aliphatic imine (C=N–C) groups is 2. The maximum Gasteiger partial charge on any atom is 0.240 e. The molecule has 158 valence electrons. The first-order chi connectivity index (χ1) is 14.9. The molecule has 0 fully saturated rings. The van der Waals surface area contributed by atoms with E-state index in [1.165, 1.54) is 0 Å². The first-order valence-electron chi connectivity index (χ1n) is 10.0. The second-order valence-electron chi connectivity index (χ2n) is 7.73. The minimum atomic E-state index is -1.02. The Hall–Kier alpha value is -3.30. The Morgan fingerprint density at radius 2 is 2.03 bits per heavy atom. The van der Waals surface area contributed by atoms with E-state index in [1.54, 1.807) is 18.3 Å². The molecule has 10 heteroatoms. The maximum absolute atomic E-state index is 13.0. The minimum absolute atomic E-state index is 0.216. The van der Waals surface area contributed by atoms with Crippen LogP contribution in [0.25, 0.3) is 5.70 Å². The summed E-state index contributed by atoms with van der Waals surface area (Å²) in [4.78, 5) is 31.4. The Kier molecular flexibility index (Phi) is 4.53. The van der Waals surface area contributed by atoms with Crippen molar-refractivity contribution in [3.8, 4) is 0 Å². The van der Waals surface area contributed by atoms with Gasteiger partial charge < -0.3 is 11.1 Å². The van der Waals surface area contributed by atoms with Crippen molar-refractivity contribution in [1.29, 1.82) is 0 Å². The number of carbonyl (C=O) groups is 1. The molecule has 0 spiro atoms. The number of hydrazine groups is 1. The Morgan fingerprint density at radius 1 is 1.26 bits per heavy atom. The standard InChI is InChI=1S/C21H21ClN8O/c1-3-4-13-19-24-10-25-30(19)9-14(26-13)17-27-16(23)15-18(28-17)29-20(31)21(15,2)11-5-7-12(22)8-6-11/h5-9,25H,3-4,10H2,1-2H3,(H3,23,27,28,29,31). The molecule has 9 nitrogen and oxygen atoms in total. The summed E-state index contributed by atoms with van der Waals surface area (Å²) in [6.45, 7) is 4.39. The van der Waals surface area contributed by atoms with Gasteiger partial charge in [0.15, 0.2) is 11.7 Å². The molecule has 1 aromatic heterocycles. The van der Waals surface area contributed by atoms with Crippen LogP contribution in [-0.4, -0.2) is 39.1 Å². The number of fused-ring (bicyclic) bond motifs is 2. The molecule has 1 atom stereocenters. The Morgan fingerprint density at radius 3 is 2.77 bits per heavy atom. The highest BCUT2D eigenvalue weighted by Crippen LogP contribution is 2.45. The molecule has 0 saturated heterocycles. The van der Waals surface area contributed by atoms with Gasteiger partial charge in [-0.2, -0.15) is 0 Å². The van der Waals surface area contributed by atoms with Gasteiger partial charge in [-0.15, -0.1) is 0 Å². The first-order valence-corrected chi connectivity index (χ1v) is 10.4. The van der Waals surface area contributed by atoms with E-state index >= 15 is 0 Å². The van der Waals surface area contributed by atoms with Crippen molar-refractivity contribution in [3.05, 3.63) is 52.4 Å². The molecular weight excluding hydrogens is 416 g/mol. The molecule has 3 aliphatic heterocycles. The topological polar surface area (TPSA) is 121 Å². The SMILES string of the molecule is CCCC1=NC(c2nc(N)c3c(n2)NC(=O)C3(C)c2ccc(Cl)cc2)=CN2NCN=C12. The number of benzene rings is 1. The van der Waals surface area contributed by atoms with Crippen molar-refractivity contribution in [3.63, 3.8) is 0 Å². The Balaban J connectivity index is 1.59. The average Bonchev–Trinajstić information content (AvgIpc) is 3.32. The highest BCUT2D eigenvalue weighted by molar-refractivity contribution is 6.43. The van der Waals surface area contributed by atoms with Gasteiger partial charge in [-0.1, -0.05) is 37.1 Å². The van der Waals surface area contributed by atoms with Crippen LogP contribution in [0.15, 0.2) is 40.5 Å². The molecule has 0 radical (unpaired) electrons. The fraction of sp³-hybridized carbons (Fsp3) is 0.286. The van der Waals surface area contributed by atoms with Crippen LogP contribution >= 0.6 is 11.6 Å². The molecule has 4 N–H and O–H groups in total. The van der Waals surface area contributed by atoms with Crippen LogP contribution in [0, 0.1) is 0 Å². The summed E-state index contributed by atoms with van der Waals surface area (Å²) in [7, 11) is 0. The van der Waals surface area contributed by atoms with Gasteiger partial charge in [0.25, 0.3) is 0 Å². The number of carbonyl (C=O) groups excluding carboxylic acids is 1. The highest BCUT2D eigenvalue weighted by atomic mass is 35.5. The van der Waals surface area contributed by atoms with Gasteiger partial charge >= 0.3 is 0 Å². The predicted molar refractivity (Wildman–Crippen MR) is 121 cm³/mol. The summed E-state index contributed by atoms with van der Waals surface area (Å²) < 4.78 is 0. The van der Waals surface area contributed by atoms with Crippen LogP contribution in [0.4, 0.5) is 11.6 Å². The van der Waals surface area contributed by atoms with Crippen LogP contribution in [-0.2, 0) is 10.2 Å². The van der Waals surface area contributed by atoms with Gasteiger partial charge in [0.1, 0.15) is 29.4 Å². The van der Waals surface area contributed by atoms with Crippen molar-refractivity contribution in [2.75, 3.05) is 17.7 Å². The number of nitrogens with one attached hydrogen (secondary N) is 2. The zero-order valence-electron chi connectivity index (χ0n) is 17.1. The van der Waals surface area contributed by atoms with Crippen molar-refractivity contribution in [1.82, 2.24) is 20.4 Å². The van der Waals surface area contributed by atoms with Crippen LogP contribution in [0.3, 0.4) is 0 Å². The second kappa shape index (κ2) is 7.14. The summed E-state index contributed by atoms with van der Waals surface area (Å²) in [6, 6.07) is 7.13. The van der Waals surface area contributed by atoms with Gasteiger partial charge in [0, 0.05) is 5.02 Å². The van der Waals surface area contributed by atoms with Crippen LogP contribution in [0.5, 0.6) is 0 Å². The lowest BCUT2D eigenvalue weighted by Gasteiger charge is -2.24. The molecular formula is C21H21ClN8O. The lowest BCUT2D eigenvalue weighted by molar-refractivity contribution is -0.119. The number of rotatable bonds is 4. The lowest BCUT2D eigenvalue weighted by atomic mass is 9.78. The van der Waals surface area contributed by atoms with Gasteiger partial charge in [-0.05, 0) is 31.0 Å². The van der Waals surface area contributed by atoms with E-state index in [-0.39, 0.29) is 11.7 Å². The minimum Gasteiger partial charge on any atom is -0.383 e. The number of amidine groups is 1. The number of nitrogen functional groups attached to an aromatic ring is 1. The number of hydrogen-bond acceptors (Lipinski definition) is 8. The summed E-state index contributed by atoms with van der Waals surface area (Å²) in [5, 5.41) is 5.29. The lowest BCUT2D eigenvalue weighted by Crippen LogP contribution is -2.38. The van der Waals surface area contributed by atoms with Crippen LogP contribution in [0.1, 0.15) is 43.6 Å². The smallest absolute Gasteiger partial charge is 0.240 e. The number of anilines is 2. The number of hydrogen-bond donors (Lipinski definition) is 3. The maximum atomic E-state index is 13.0. The number of halogens is 1. The van der Waals surface area contributed by atoms with E-state index in [0.29, 0.717) is 34.6 Å². The number of nitrogens with zero attached hydrogens (tertiary/aromatic N) is 5. The van der Waals surface area contributed by atoms with Crippen LogP contribution in [0.2, 0.25) is 5.02 Å². The molecule has 1 unspecified atom stereocenters. The highest BCUT2D eigenvalue weighted by Gasteiger charge is 2.47. The summed E-state index contributed by atoms with van der Waals surface area (Å²) >= 11 is 6.02. The molecule has 3 aliphatic rings. The third kappa shape index (κ3) is 3.00. The Bertz CT molecular complexity index is 1190. The molecule has 4 heterocycles. The average molecular weight is 437 g/mol. The van der Waals surface area contributed by atoms with Gasteiger partial charge in [-0.25, -0.2) is 25.4 Å². The van der Waals surface area contributed by atoms with E-state index in [4.69, 9.17) is 22.3 Å². The van der Waals surface area contributed by atoms with E-state index in [2.05, 4.69) is 32.6 Å². The zero-order chi connectivity index (χ0) is 21.8. The fourth-order valence-corrected chi connectivity index (χ4v) is 4.24. The van der Waals surface area contributed by atoms with Crippen molar-refractivity contribution >= 4 is 46.4 Å². The largest absolute Gasteiger partial charge is 0.383 e. The summed E-state index contributed by atoms with van der Waals surface area (Å²) in [6.07, 6.45) is 3.50. The molecule has 0 aliphatic carbocycles. The molecule has 0 bridgehead atoms. The van der Waals surface area contributed by atoms with Gasteiger partial charge in [-0.3, -0.25) is 9.80 Å². The van der Waals surface area contributed by atoms with E-state index < -0.39 is 5.41 Å². The van der Waals surface area contributed by atoms with E-state index in [1.807, 2.05) is 24.1 Å². The van der Waals surface area contributed by atoms with Crippen LogP contribution < -0.4 is 16.5 Å². The van der Waals surface area contributed by atoms with E-state index in [9.17, 15) is 4.79 Å². The Labute approximate surface area is 184 Å². The molecule has 2 aromatic rings. The van der Waals surface area contributed by atoms with Crippen molar-refractivity contribution < 1.29 is 4.79 Å². The third-order valence-electron chi connectivity index (χ3n) is 5.72. The predicted octanol–water partition coefficient (Wildman–Crippen LogP) is 2.70. The zero-order valence-corrected chi connectivity index (χ0v) is 17.9. The van der Waals surface area contributed by atoms with E-state index in [0.717, 1.165) is 30.0 Å². The number of aromatic nitrogens is 2. The third-order valence-corrected chi connectivity index (χ3v) is 5.98. The second-order valence-corrected chi connectivity index (χ2v) is 8.17. The molecule has 31 heavy (non-hydrogen) atoms. The number of amides is 1. The van der Waals surface area contributed by atoms with Crippen molar-refractivity contribution in [2.45, 2.75) is 32.1 Å².